The van der Waals surface area contributed by atoms with Gasteiger partial charge in [-0.2, -0.15) is 5.10 Å². The molecule has 0 radical (unpaired) electrons. The van der Waals surface area contributed by atoms with Crippen LogP contribution in [-0.4, -0.2) is 33.0 Å². The first-order valence-corrected chi connectivity index (χ1v) is 4.68. The molecule has 1 aliphatic heterocycles. The molecule has 0 spiro atoms. The Morgan fingerprint density at radius 2 is 1.93 bits per heavy atom. The van der Waals surface area contributed by atoms with Gasteiger partial charge in [0.15, 0.2) is 0 Å². The van der Waals surface area contributed by atoms with Crippen LogP contribution in [-0.2, 0) is 23.1 Å². The Bertz CT molecular complexity index is 416. The van der Waals surface area contributed by atoms with Crippen molar-refractivity contribution in [1.82, 2.24) is 14.7 Å². The second-order valence-electron chi connectivity index (χ2n) is 3.43. The minimum atomic E-state index is -0.233. The Balaban J connectivity index is 1.94. The van der Waals surface area contributed by atoms with Crippen LogP contribution in [0.4, 0.5) is 0 Å². The zero-order chi connectivity index (χ0) is 10.8. The molecule has 0 atom stereocenters. The molecule has 5 heteroatoms. The maximum atomic E-state index is 11.2. The van der Waals surface area contributed by atoms with Crippen LogP contribution in [0.1, 0.15) is 5.56 Å². The van der Waals surface area contributed by atoms with Gasteiger partial charge >= 0.3 is 0 Å². The molecule has 0 aliphatic carbocycles. The summed E-state index contributed by atoms with van der Waals surface area (Å²) in [6, 6.07) is 0. The number of carbonyl (C=O) groups is 2. The summed E-state index contributed by atoms with van der Waals surface area (Å²) >= 11 is 0. The molecule has 0 saturated heterocycles. The van der Waals surface area contributed by atoms with Crippen LogP contribution in [0.2, 0.25) is 0 Å². The van der Waals surface area contributed by atoms with Gasteiger partial charge in [-0.1, -0.05) is 0 Å². The highest BCUT2D eigenvalue weighted by molar-refractivity contribution is 6.12. The first-order chi connectivity index (χ1) is 7.16. The fraction of sp³-hybridized carbons (Fsp3) is 0.300. The van der Waals surface area contributed by atoms with E-state index in [2.05, 4.69) is 5.10 Å². The number of hydrogen-bond acceptors (Lipinski definition) is 3. The fourth-order valence-electron chi connectivity index (χ4n) is 1.49. The number of hydrogen-bond donors (Lipinski definition) is 0. The van der Waals surface area contributed by atoms with Crippen LogP contribution in [0, 0.1) is 0 Å². The Morgan fingerprint density at radius 1 is 1.27 bits per heavy atom. The molecular formula is C10H11N3O2. The highest BCUT2D eigenvalue weighted by atomic mass is 16.2. The quantitative estimate of drug-likeness (QED) is 0.647. The molecule has 0 unspecified atom stereocenters. The van der Waals surface area contributed by atoms with Crippen molar-refractivity contribution < 1.29 is 9.59 Å². The minimum Gasteiger partial charge on any atom is -0.276 e. The molecule has 2 heterocycles. The van der Waals surface area contributed by atoms with E-state index in [0.717, 1.165) is 5.56 Å². The van der Waals surface area contributed by atoms with Crippen LogP contribution in [0.3, 0.4) is 0 Å². The number of rotatable bonds is 3. The highest BCUT2D eigenvalue weighted by Crippen LogP contribution is 2.06. The van der Waals surface area contributed by atoms with Gasteiger partial charge in [0.1, 0.15) is 0 Å². The third-order valence-electron chi connectivity index (χ3n) is 2.28. The van der Waals surface area contributed by atoms with E-state index < -0.39 is 0 Å². The zero-order valence-corrected chi connectivity index (χ0v) is 8.38. The molecule has 0 saturated carbocycles. The molecular weight excluding hydrogens is 194 g/mol. The zero-order valence-electron chi connectivity index (χ0n) is 8.38. The van der Waals surface area contributed by atoms with E-state index >= 15 is 0 Å². The molecule has 15 heavy (non-hydrogen) atoms. The van der Waals surface area contributed by atoms with Gasteiger partial charge in [-0.3, -0.25) is 19.2 Å². The maximum absolute atomic E-state index is 11.2. The summed E-state index contributed by atoms with van der Waals surface area (Å²) in [7, 11) is 1.83. The Kier molecular flexibility index (Phi) is 2.37. The number of imide groups is 1. The number of aryl methyl sites for hydroxylation is 1. The molecule has 1 aromatic heterocycles. The molecule has 5 nitrogen and oxygen atoms in total. The van der Waals surface area contributed by atoms with Gasteiger partial charge in [-0.25, -0.2) is 0 Å². The first-order valence-electron chi connectivity index (χ1n) is 4.68. The van der Waals surface area contributed by atoms with E-state index in [-0.39, 0.29) is 11.8 Å². The van der Waals surface area contributed by atoms with Crippen LogP contribution < -0.4 is 0 Å². The first kappa shape index (κ1) is 9.64. The van der Waals surface area contributed by atoms with Crippen molar-refractivity contribution in [2.75, 3.05) is 6.54 Å². The van der Waals surface area contributed by atoms with Crippen molar-refractivity contribution in [1.29, 1.82) is 0 Å². The smallest absolute Gasteiger partial charge is 0.253 e. The third-order valence-corrected chi connectivity index (χ3v) is 2.28. The largest absolute Gasteiger partial charge is 0.276 e. The van der Waals surface area contributed by atoms with Gasteiger partial charge in [-0.05, 0) is 12.0 Å². The van der Waals surface area contributed by atoms with Gasteiger partial charge in [0.05, 0.1) is 6.20 Å². The van der Waals surface area contributed by atoms with Crippen molar-refractivity contribution in [3.05, 3.63) is 30.1 Å². The van der Waals surface area contributed by atoms with Gasteiger partial charge in [0.2, 0.25) is 0 Å². The summed E-state index contributed by atoms with van der Waals surface area (Å²) in [6.45, 7) is 0.413. The standard InChI is InChI=1S/C10H11N3O2/c1-12-7-8(6-11-12)4-5-13-9(14)2-3-10(13)15/h2-3,6-7H,4-5H2,1H3. The summed E-state index contributed by atoms with van der Waals surface area (Å²) in [5, 5.41) is 4.01. The van der Waals surface area contributed by atoms with Gasteiger partial charge in [-0.15, -0.1) is 0 Å². The maximum Gasteiger partial charge on any atom is 0.253 e. The average molecular weight is 205 g/mol. The minimum absolute atomic E-state index is 0.233. The molecule has 1 aromatic rings. The summed E-state index contributed by atoms with van der Waals surface area (Å²) in [5.74, 6) is -0.465. The lowest BCUT2D eigenvalue weighted by molar-refractivity contribution is -0.136. The predicted octanol–water partition coefficient (Wildman–Crippen LogP) is -0.112. The molecule has 1 aliphatic rings. The van der Waals surface area contributed by atoms with Crippen molar-refractivity contribution >= 4 is 11.8 Å². The molecule has 0 bridgehead atoms. The monoisotopic (exact) mass is 205 g/mol. The average Bonchev–Trinajstić information content (AvgIpc) is 2.73. The Morgan fingerprint density at radius 3 is 2.47 bits per heavy atom. The van der Waals surface area contributed by atoms with E-state index in [9.17, 15) is 9.59 Å². The van der Waals surface area contributed by atoms with Crippen molar-refractivity contribution in [3.63, 3.8) is 0 Å². The van der Waals surface area contributed by atoms with Crippen LogP contribution in [0.15, 0.2) is 24.5 Å². The van der Waals surface area contributed by atoms with Gasteiger partial charge in [0.25, 0.3) is 11.8 Å². The Hall–Kier alpha value is -1.91. The van der Waals surface area contributed by atoms with Gasteiger partial charge < -0.3 is 0 Å². The second kappa shape index (κ2) is 3.68. The molecule has 2 rings (SSSR count). The normalized spacial score (nSPS) is 15.4. The summed E-state index contributed by atoms with van der Waals surface area (Å²) in [6.07, 6.45) is 6.85. The SMILES string of the molecule is Cn1cc(CCN2C(=O)C=CC2=O)cn1. The topological polar surface area (TPSA) is 55.2 Å². The van der Waals surface area contributed by atoms with Crippen LogP contribution >= 0.6 is 0 Å². The highest BCUT2D eigenvalue weighted by Gasteiger charge is 2.22. The lowest BCUT2D eigenvalue weighted by atomic mass is 10.2. The molecule has 0 aromatic carbocycles. The van der Waals surface area contributed by atoms with Crippen molar-refractivity contribution in [3.8, 4) is 0 Å². The number of nitrogens with zero attached hydrogens (tertiary/aromatic N) is 3. The lowest BCUT2D eigenvalue weighted by Gasteiger charge is -2.12. The fourth-order valence-corrected chi connectivity index (χ4v) is 1.49. The summed E-state index contributed by atoms with van der Waals surface area (Å²) < 4.78 is 1.70. The molecule has 0 fully saturated rings. The lowest BCUT2D eigenvalue weighted by Crippen LogP contribution is -2.31. The van der Waals surface area contributed by atoms with Crippen molar-refractivity contribution in [2.24, 2.45) is 7.05 Å². The summed E-state index contributed by atoms with van der Waals surface area (Å²) in [4.78, 5) is 23.6. The number of amides is 2. The van der Waals surface area contributed by atoms with Gasteiger partial charge in [0, 0.05) is 31.9 Å². The molecule has 78 valence electrons. The second-order valence-corrected chi connectivity index (χ2v) is 3.43. The number of carbonyl (C=O) groups excluding carboxylic acids is 2. The number of aromatic nitrogens is 2. The van der Waals surface area contributed by atoms with E-state index in [1.165, 1.54) is 17.1 Å². The van der Waals surface area contributed by atoms with Crippen LogP contribution in [0.5, 0.6) is 0 Å². The van der Waals surface area contributed by atoms with Crippen molar-refractivity contribution in [2.45, 2.75) is 6.42 Å². The van der Waals surface area contributed by atoms with Crippen LogP contribution in [0.25, 0.3) is 0 Å². The summed E-state index contributed by atoms with van der Waals surface area (Å²) in [5.41, 5.74) is 1.02. The third kappa shape index (κ3) is 1.96. The predicted molar refractivity (Wildman–Crippen MR) is 52.8 cm³/mol. The van der Waals surface area contributed by atoms with E-state index in [0.29, 0.717) is 13.0 Å². The molecule has 0 N–H and O–H groups in total. The van der Waals surface area contributed by atoms with E-state index in [1.54, 1.807) is 10.9 Å². The Labute approximate surface area is 87.0 Å². The van der Waals surface area contributed by atoms with E-state index in [4.69, 9.17) is 0 Å². The molecule has 2 amide bonds. The van der Waals surface area contributed by atoms with E-state index in [1.807, 2.05) is 13.2 Å².